The number of rotatable bonds is 5. The lowest BCUT2D eigenvalue weighted by Gasteiger charge is -2.10. The number of halogens is 1. The second-order valence-corrected chi connectivity index (χ2v) is 4.42. The van der Waals surface area contributed by atoms with Gasteiger partial charge in [-0.1, -0.05) is 18.5 Å². The molecular formula is C11H14ClN3O3. The van der Waals surface area contributed by atoms with E-state index in [1.165, 1.54) is 18.2 Å². The Bertz CT molecular complexity index is 465. The molecule has 1 aromatic carbocycles. The molecule has 3 N–H and O–H groups in total. The fourth-order valence-electron chi connectivity index (χ4n) is 1.32. The van der Waals surface area contributed by atoms with E-state index >= 15 is 0 Å². The molecule has 1 amide bonds. The number of carbonyl (C=O) groups excluding carboxylic acids is 1. The van der Waals surface area contributed by atoms with E-state index in [9.17, 15) is 14.9 Å². The van der Waals surface area contributed by atoms with E-state index in [1.807, 2.05) is 6.92 Å². The Kier molecular flexibility index (Phi) is 5.06. The number of nitrogens with one attached hydrogen (secondary N) is 1. The van der Waals surface area contributed by atoms with Crippen LogP contribution in [-0.4, -0.2) is 17.4 Å². The summed E-state index contributed by atoms with van der Waals surface area (Å²) in [5, 5.41) is 13.4. The Morgan fingerprint density at radius 1 is 1.61 bits per heavy atom. The van der Waals surface area contributed by atoms with E-state index in [2.05, 4.69) is 5.32 Å². The first-order valence-corrected chi connectivity index (χ1v) is 5.75. The predicted molar refractivity (Wildman–Crippen MR) is 69.6 cm³/mol. The highest BCUT2D eigenvalue weighted by molar-refractivity contribution is 6.33. The van der Waals surface area contributed by atoms with Gasteiger partial charge in [0.2, 0.25) is 5.91 Å². The molecule has 18 heavy (non-hydrogen) atoms. The van der Waals surface area contributed by atoms with Gasteiger partial charge in [0, 0.05) is 18.6 Å². The predicted octanol–water partition coefficient (Wildman–Crippen LogP) is 2.17. The highest BCUT2D eigenvalue weighted by Gasteiger charge is 2.13. The van der Waals surface area contributed by atoms with Crippen LogP contribution in [0.25, 0.3) is 0 Å². The number of hydrogen-bond donors (Lipinski definition) is 2. The Balaban J connectivity index is 2.80. The normalized spacial score (nSPS) is 11.9. The van der Waals surface area contributed by atoms with Gasteiger partial charge in [-0.15, -0.1) is 0 Å². The Hall–Kier alpha value is -1.66. The molecule has 1 rings (SSSR count). The second kappa shape index (κ2) is 6.32. The summed E-state index contributed by atoms with van der Waals surface area (Å²) >= 11 is 5.85. The first-order chi connectivity index (χ1) is 8.43. The van der Waals surface area contributed by atoms with Gasteiger partial charge in [-0.2, -0.15) is 0 Å². The smallest absolute Gasteiger partial charge is 0.271 e. The van der Waals surface area contributed by atoms with Gasteiger partial charge >= 0.3 is 0 Å². The Morgan fingerprint density at radius 2 is 2.28 bits per heavy atom. The maximum absolute atomic E-state index is 11.6. The van der Waals surface area contributed by atoms with Crippen molar-refractivity contribution in [3.63, 3.8) is 0 Å². The minimum absolute atomic E-state index is 0.0440. The number of nitro benzene ring substituents is 1. The zero-order valence-electron chi connectivity index (χ0n) is 9.85. The van der Waals surface area contributed by atoms with Gasteiger partial charge in [0.25, 0.3) is 5.69 Å². The molecule has 6 nitrogen and oxygen atoms in total. The monoisotopic (exact) mass is 271 g/mol. The van der Waals surface area contributed by atoms with E-state index in [0.29, 0.717) is 6.54 Å². The maximum Gasteiger partial charge on any atom is 0.271 e. The molecule has 0 aliphatic carbocycles. The van der Waals surface area contributed by atoms with Crippen LogP contribution in [0.4, 0.5) is 11.4 Å². The molecule has 0 aromatic heterocycles. The number of carbonyl (C=O) groups is 1. The van der Waals surface area contributed by atoms with Crippen LogP contribution in [0.5, 0.6) is 0 Å². The van der Waals surface area contributed by atoms with Crippen molar-refractivity contribution >= 4 is 28.9 Å². The van der Waals surface area contributed by atoms with Crippen molar-refractivity contribution in [2.24, 2.45) is 11.7 Å². The van der Waals surface area contributed by atoms with Gasteiger partial charge in [-0.3, -0.25) is 14.9 Å². The number of anilines is 1. The van der Waals surface area contributed by atoms with E-state index in [0.717, 1.165) is 0 Å². The zero-order valence-corrected chi connectivity index (χ0v) is 10.6. The van der Waals surface area contributed by atoms with Gasteiger partial charge in [0.15, 0.2) is 0 Å². The molecule has 7 heteroatoms. The number of nitro groups is 1. The molecule has 1 aromatic rings. The van der Waals surface area contributed by atoms with Crippen molar-refractivity contribution in [2.45, 2.75) is 13.3 Å². The van der Waals surface area contributed by atoms with Crippen LogP contribution in [0.1, 0.15) is 13.3 Å². The molecule has 1 unspecified atom stereocenters. The van der Waals surface area contributed by atoms with Crippen LogP contribution in [-0.2, 0) is 4.79 Å². The maximum atomic E-state index is 11.6. The summed E-state index contributed by atoms with van der Waals surface area (Å²) in [5.74, 6) is -0.224. The van der Waals surface area contributed by atoms with Gasteiger partial charge in [-0.05, 0) is 18.5 Å². The summed E-state index contributed by atoms with van der Waals surface area (Å²) in [5.41, 5.74) is 5.52. The van der Waals surface area contributed by atoms with Gasteiger partial charge < -0.3 is 11.1 Å². The molecule has 98 valence electrons. The van der Waals surface area contributed by atoms with E-state index in [4.69, 9.17) is 17.3 Å². The first kappa shape index (κ1) is 14.4. The van der Waals surface area contributed by atoms with E-state index < -0.39 is 4.92 Å². The summed E-state index contributed by atoms with van der Waals surface area (Å²) < 4.78 is 0. The van der Waals surface area contributed by atoms with Crippen molar-refractivity contribution in [3.8, 4) is 0 Å². The molecule has 0 saturated heterocycles. The Labute approximate surface area is 109 Å². The van der Waals surface area contributed by atoms with Crippen molar-refractivity contribution < 1.29 is 9.72 Å². The van der Waals surface area contributed by atoms with E-state index in [1.54, 1.807) is 0 Å². The molecule has 0 aliphatic heterocycles. The third-order valence-corrected chi connectivity index (χ3v) is 2.70. The number of nitrogens with two attached hydrogens (primary N) is 1. The van der Waals surface area contributed by atoms with Gasteiger partial charge in [-0.25, -0.2) is 0 Å². The lowest BCUT2D eigenvalue weighted by molar-refractivity contribution is -0.384. The largest absolute Gasteiger partial charge is 0.330 e. The van der Waals surface area contributed by atoms with Crippen molar-refractivity contribution in [2.75, 3.05) is 11.9 Å². The summed E-state index contributed by atoms with van der Waals surface area (Å²) in [6.07, 6.45) is 0.246. The third-order valence-electron chi connectivity index (χ3n) is 2.37. The first-order valence-electron chi connectivity index (χ1n) is 5.38. The molecule has 0 saturated carbocycles. The molecule has 0 fully saturated rings. The number of amides is 1. The second-order valence-electron chi connectivity index (χ2n) is 4.01. The third kappa shape index (κ3) is 3.97. The van der Waals surface area contributed by atoms with Crippen LogP contribution >= 0.6 is 11.6 Å². The molecular weight excluding hydrogens is 258 g/mol. The van der Waals surface area contributed by atoms with E-state index in [-0.39, 0.29) is 34.6 Å². The molecule has 0 spiro atoms. The summed E-state index contributed by atoms with van der Waals surface area (Å²) in [4.78, 5) is 21.7. The SMILES string of the molecule is CC(CN)CC(=O)Nc1cc([N+](=O)[O-])ccc1Cl. The topological polar surface area (TPSA) is 98.3 Å². The van der Waals surface area contributed by atoms with Crippen molar-refractivity contribution in [3.05, 3.63) is 33.3 Å². The van der Waals surface area contributed by atoms with Crippen molar-refractivity contribution in [1.29, 1.82) is 0 Å². The van der Waals surface area contributed by atoms with Crippen molar-refractivity contribution in [1.82, 2.24) is 0 Å². The average Bonchev–Trinajstić information content (AvgIpc) is 2.31. The van der Waals surface area contributed by atoms with Crippen LogP contribution in [0.15, 0.2) is 18.2 Å². The average molecular weight is 272 g/mol. The lowest BCUT2D eigenvalue weighted by Crippen LogP contribution is -2.20. The summed E-state index contributed by atoms with van der Waals surface area (Å²) in [6, 6.07) is 3.88. The minimum Gasteiger partial charge on any atom is -0.330 e. The number of nitrogens with zero attached hydrogens (tertiary/aromatic N) is 1. The Morgan fingerprint density at radius 3 is 2.83 bits per heavy atom. The highest BCUT2D eigenvalue weighted by Crippen LogP contribution is 2.26. The van der Waals surface area contributed by atoms with Gasteiger partial charge in [0.05, 0.1) is 15.6 Å². The zero-order chi connectivity index (χ0) is 13.7. The van der Waals surface area contributed by atoms with Crippen LogP contribution < -0.4 is 11.1 Å². The number of benzene rings is 1. The molecule has 0 radical (unpaired) electrons. The quantitative estimate of drug-likeness (QED) is 0.633. The van der Waals surface area contributed by atoms with Crippen LogP contribution in [0.3, 0.4) is 0 Å². The fourth-order valence-corrected chi connectivity index (χ4v) is 1.49. The van der Waals surface area contributed by atoms with Gasteiger partial charge in [0.1, 0.15) is 0 Å². The standard InChI is InChI=1S/C11H14ClN3O3/c1-7(6-13)4-11(16)14-10-5-8(15(17)18)2-3-9(10)12/h2-3,5,7H,4,6,13H2,1H3,(H,14,16). The highest BCUT2D eigenvalue weighted by atomic mass is 35.5. The van der Waals surface area contributed by atoms with Crippen LogP contribution in [0.2, 0.25) is 5.02 Å². The van der Waals surface area contributed by atoms with Crippen LogP contribution in [0, 0.1) is 16.0 Å². The molecule has 0 aliphatic rings. The minimum atomic E-state index is -0.547. The summed E-state index contributed by atoms with van der Waals surface area (Å²) in [7, 11) is 0. The molecule has 0 bridgehead atoms. The summed E-state index contributed by atoms with van der Waals surface area (Å²) in [6.45, 7) is 2.24. The molecule has 0 heterocycles. The number of hydrogen-bond acceptors (Lipinski definition) is 4. The lowest BCUT2D eigenvalue weighted by atomic mass is 10.1. The fraction of sp³-hybridized carbons (Fsp3) is 0.364. The number of non-ortho nitro benzene ring substituents is 1. The molecule has 1 atom stereocenters.